The van der Waals surface area contributed by atoms with Gasteiger partial charge in [-0.25, -0.2) is 4.98 Å². The Labute approximate surface area is 118 Å². The molecule has 0 saturated heterocycles. The molecule has 3 nitrogen and oxygen atoms in total. The lowest BCUT2D eigenvalue weighted by atomic mass is 9.98. The number of nitrogens with two attached hydrogens (primary N) is 1. The van der Waals surface area contributed by atoms with E-state index in [-0.39, 0.29) is 0 Å². The van der Waals surface area contributed by atoms with Crippen molar-refractivity contribution in [2.45, 2.75) is 33.2 Å². The predicted octanol–water partition coefficient (Wildman–Crippen LogP) is 3.71. The van der Waals surface area contributed by atoms with Gasteiger partial charge in [-0.15, -0.1) is 11.3 Å². The summed E-state index contributed by atoms with van der Waals surface area (Å²) >= 11 is 1.67. The normalized spacial score (nSPS) is 11.1. The average molecular weight is 276 g/mol. The van der Waals surface area contributed by atoms with E-state index < -0.39 is 0 Å². The number of aryl methyl sites for hydroxylation is 1. The van der Waals surface area contributed by atoms with E-state index in [0.717, 1.165) is 26.9 Å². The maximum atomic E-state index is 5.80. The highest BCUT2D eigenvalue weighted by Crippen LogP contribution is 2.34. The molecule has 0 aliphatic heterocycles. The summed E-state index contributed by atoms with van der Waals surface area (Å²) in [5.74, 6) is 1.34. The Morgan fingerprint density at radius 1 is 1.37 bits per heavy atom. The van der Waals surface area contributed by atoms with Crippen LogP contribution in [0.1, 0.15) is 35.2 Å². The number of rotatable bonds is 4. The van der Waals surface area contributed by atoms with Gasteiger partial charge in [-0.1, -0.05) is 13.8 Å². The van der Waals surface area contributed by atoms with Gasteiger partial charge in [0, 0.05) is 17.0 Å². The molecular weight excluding hydrogens is 256 g/mol. The van der Waals surface area contributed by atoms with Gasteiger partial charge in [-0.3, -0.25) is 0 Å². The maximum Gasteiger partial charge on any atom is 0.122 e. The first-order valence-electron chi connectivity index (χ1n) is 6.41. The van der Waals surface area contributed by atoms with E-state index in [9.17, 15) is 0 Å². The third kappa shape index (κ3) is 2.80. The SMILES string of the molecule is COc1ccc(-c2nc(C)sc2CN)cc1C(C)C. The van der Waals surface area contributed by atoms with Crippen molar-refractivity contribution >= 4 is 11.3 Å². The molecule has 0 atom stereocenters. The number of thiazole rings is 1. The van der Waals surface area contributed by atoms with Crippen molar-refractivity contribution in [2.75, 3.05) is 7.11 Å². The molecule has 0 radical (unpaired) electrons. The average Bonchev–Trinajstić information content (AvgIpc) is 2.79. The minimum Gasteiger partial charge on any atom is -0.496 e. The summed E-state index contributed by atoms with van der Waals surface area (Å²) in [6.45, 7) is 6.87. The van der Waals surface area contributed by atoms with Gasteiger partial charge < -0.3 is 10.5 Å². The molecule has 2 aromatic rings. The molecule has 0 amide bonds. The molecule has 0 fully saturated rings. The van der Waals surface area contributed by atoms with E-state index >= 15 is 0 Å². The van der Waals surface area contributed by atoms with Crippen LogP contribution in [0.2, 0.25) is 0 Å². The lowest BCUT2D eigenvalue weighted by Crippen LogP contribution is -1.98. The summed E-state index contributed by atoms with van der Waals surface area (Å²) in [7, 11) is 1.71. The van der Waals surface area contributed by atoms with Crippen LogP contribution in [-0.2, 0) is 6.54 Å². The summed E-state index contributed by atoms with van der Waals surface area (Å²) in [6.07, 6.45) is 0. The number of aromatic nitrogens is 1. The zero-order chi connectivity index (χ0) is 14.0. The van der Waals surface area contributed by atoms with Gasteiger partial charge in [0.25, 0.3) is 0 Å². The third-order valence-corrected chi connectivity index (χ3v) is 4.11. The van der Waals surface area contributed by atoms with E-state index in [1.807, 2.05) is 13.0 Å². The van der Waals surface area contributed by atoms with Gasteiger partial charge in [0.2, 0.25) is 0 Å². The van der Waals surface area contributed by atoms with Gasteiger partial charge in [-0.05, 0) is 36.6 Å². The van der Waals surface area contributed by atoms with Crippen LogP contribution >= 0.6 is 11.3 Å². The van der Waals surface area contributed by atoms with Gasteiger partial charge in [0.1, 0.15) is 5.75 Å². The Bertz CT molecular complexity index is 576. The molecule has 4 heteroatoms. The van der Waals surface area contributed by atoms with Crippen molar-refractivity contribution in [2.24, 2.45) is 5.73 Å². The van der Waals surface area contributed by atoms with E-state index in [0.29, 0.717) is 12.5 Å². The Morgan fingerprint density at radius 3 is 2.68 bits per heavy atom. The lowest BCUT2D eigenvalue weighted by Gasteiger charge is -2.13. The zero-order valence-corrected chi connectivity index (χ0v) is 12.7. The van der Waals surface area contributed by atoms with Crippen molar-refractivity contribution in [3.05, 3.63) is 33.6 Å². The van der Waals surface area contributed by atoms with Crippen LogP contribution in [0.3, 0.4) is 0 Å². The maximum absolute atomic E-state index is 5.80. The van der Waals surface area contributed by atoms with Crippen LogP contribution in [0.5, 0.6) is 5.75 Å². The summed E-state index contributed by atoms with van der Waals surface area (Å²) in [5, 5.41) is 1.05. The molecular formula is C15H20N2OS. The first-order chi connectivity index (χ1) is 9.06. The Hall–Kier alpha value is -1.39. The predicted molar refractivity (Wildman–Crippen MR) is 80.8 cm³/mol. The summed E-state index contributed by atoms with van der Waals surface area (Å²) in [6, 6.07) is 6.23. The van der Waals surface area contributed by atoms with Gasteiger partial charge in [0.05, 0.1) is 17.8 Å². The van der Waals surface area contributed by atoms with Crippen molar-refractivity contribution in [1.29, 1.82) is 0 Å². The fourth-order valence-corrected chi connectivity index (χ4v) is 3.00. The van der Waals surface area contributed by atoms with Crippen molar-refractivity contribution in [3.63, 3.8) is 0 Å². The van der Waals surface area contributed by atoms with Crippen LogP contribution in [0.4, 0.5) is 0 Å². The monoisotopic (exact) mass is 276 g/mol. The second-order valence-corrected chi connectivity index (χ2v) is 6.11. The second kappa shape index (κ2) is 5.72. The van der Waals surface area contributed by atoms with Crippen LogP contribution < -0.4 is 10.5 Å². The Balaban J connectivity index is 2.53. The molecule has 0 saturated carbocycles. The quantitative estimate of drug-likeness (QED) is 0.926. The highest BCUT2D eigenvalue weighted by Gasteiger charge is 2.14. The molecule has 1 heterocycles. The van der Waals surface area contributed by atoms with E-state index in [4.69, 9.17) is 10.5 Å². The molecule has 0 spiro atoms. The van der Waals surface area contributed by atoms with Gasteiger partial charge >= 0.3 is 0 Å². The number of benzene rings is 1. The number of hydrogen-bond donors (Lipinski definition) is 1. The Morgan fingerprint density at radius 2 is 2.11 bits per heavy atom. The van der Waals surface area contributed by atoms with Crippen LogP contribution in [-0.4, -0.2) is 12.1 Å². The molecule has 2 rings (SSSR count). The van der Waals surface area contributed by atoms with Crippen LogP contribution in [0.25, 0.3) is 11.3 Å². The van der Waals surface area contributed by atoms with Gasteiger partial charge in [-0.2, -0.15) is 0 Å². The van der Waals surface area contributed by atoms with Crippen molar-refractivity contribution in [1.82, 2.24) is 4.98 Å². The van der Waals surface area contributed by atoms with E-state index in [1.165, 1.54) is 5.56 Å². The molecule has 0 aliphatic carbocycles. The fourth-order valence-electron chi connectivity index (χ4n) is 2.17. The molecule has 0 unspecified atom stereocenters. The first-order valence-corrected chi connectivity index (χ1v) is 7.23. The van der Waals surface area contributed by atoms with Crippen LogP contribution in [0.15, 0.2) is 18.2 Å². The minimum absolute atomic E-state index is 0.413. The lowest BCUT2D eigenvalue weighted by molar-refractivity contribution is 0.407. The first kappa shape index (κ1) is 14.0. The summed E-state index contributed by atoms with van der Waals surface area (Å²) in [5.41, 5.74) is 9.13. The third-order valence-electron chi connectivity index (χ3n) is 3.11. The van der Waals surface area contributed by atoms with Gasteiger partial charge in [0.15, 0.2) is 0 Å². The number of methoxy groups -OCH3 is 1. The smallest absolute Gasteiger partial charge is 0.122 e. The molecule has 0 bridgehead atoms. The van der Waals surface area contributed by atoms with Crippen LogP contribution in [0, 0.1) is 6.92 Å². The van der Waals surface area contributed by atoms with E-state index in [2.05, 4.69) is 31.0 Å². The summed E-state index contributed by atoms with van der Waals surface area (Å²) in [4.78, 5) is 5.74. The topological polar surface area (TPSA) is 48.1 Å². The largest absolute Gasteiger partial charge is 0.496 e. The summed E-state index contributed by atoms with van der Waals surface area (Å²) < 4.78 is 5.42. The second-order valence-electron chi connectivity index (χ2n) is 4.82. The Kier molecular flexibility index (Phi) is 4.22. The standard InChI is InChI=1S/C15H20N2OS/c1-9(2)12-7-11(5-6-13(12)18-4)15-14(8-16)19-10(3)17-15/h5-7,9H,8,16H2,1-4H3. The number of ether oxygens (including phenoxy) is 1. The zero-order valence-electron chi connectivity index (χ0n) is 11.9. The highest BCUT2D eigenvalue weighted by atomic mass is 32.1. The van der Waals surface area contributed by atoms with Crippen molar-refractivity contribution < 1.29 is 4.74 Å². The minimum atomic E-state index is 0.413. The highest BCUT2D eigenvalue weighted by molar-refractivity contribution is 7.12. The van der Waals surface area contributed by atoms with E-state index in [1.54, 1.807) is 18.4 Å². The molecule has 2 N–H and O–H groups in total. The molecule has 19 heavy (non-hydrogen) atoms. The van der Waals surface area contributed by atoms with Crippen molar-refractivity contribution in [3.8, 4) is 17.0 Å². The number of nitrogens with zero attached hydrogens (tertiary/aromatic N) is 1. The molecule has 0 aliphatic rings. The molecule has 1 aromatic carbocycles. The molecule has 1 aromatic heterocycles. The molecule has 102 valence electrons. The number of hydrogen-bond acceptors (Lipinski definition) is 4. The fraction of sp³-hybridized carbons (Fsp3) is 0.400.